The summed E-state index contributed by atoms with van der Waals surface area (Å²) in [5.74, 6) is 0. The molecule has 13 heavy (non-hydrogen) atoms. The van der Waals surface area contributed by atoms with Crippen molar-refractivity contribution in [3.05, 3.63) is 24.5 Å². The Balaban J connectivity index is 2.75. The van der Waals surface area contributed by atoms with Crippen molar-refractivity contribution in [3.8, 4) is 0 Å². The van der Waals surface area contributed by atoms with Gasteiger partial charge in [0.05, 0.1) is 23.4 Å². The number of rotatable bonds is 1. The zero-order valence-electron chi connectivity index (χ0n) is 8.15. The fourth-order valence-corrected chi connectivity index (χ4v) is 0.653. The van der Waals surface area contributed by atoms with Gasteiger partial charge in [0.2, 0.25) is 0 Å². The summed E-state index contributed by atoms with van der Waals surface area (Å²) < 4.78 is 0. The molecule has 0 aliphatic carbocycles. The Bertz CT molecular complexity index is 316. The summed E-state index contributed by atoms with van der Waals surface area (Å²) in [4.78, 5) is 12.0. The van der Waals surface area contributed by atoms with E-state index < -0.39 is 0 Å². The fraction of sp³-hybridized carbons (Fsp3) is 0.400. The molecule has 0 saturated heterocycles. The number of hydrogen-bond donors (Lipinski definition) is 0. The van der Waals surface area contributed by atoms with Crippen LogP contribution in [0, 0.1) is 0 Å². The second-order valence-corrected chi connectivity index (χ2v) is 3.71. The first-order chi connectivity index (χ1) is 6.08. The van der Waals surface area contributed by atoms with Gasteiger partial charge in [0.1, 0.15) is 0 Å². The lowest BCUT2D eigenvalue weighted by Crippen LogP contribution is -2.07. The second kappa shape index (κ2) is 3.97. The molecular formula is C10H13N3. The SMILES string of the molecule is CC(C)(C)N=C=Nc1cccnc1. The van der Waals surface area contributed by atoms with Gasteiger partial charge in [-0.25, -0.2) is 4.99 Å². The van der Waals surface area contributed by atoms with E-state index in [1.807, 2.05) is 32.9 Å². The van der Waals surface area contributed by atoms with E-state index in [1.165, 1.54) is 0 Å². The monoisotopic (exact) mass is 175 g/mol. The van der Waals surface area contributed by atoms with Crippen molar-refractivity contribution in [2.45, 2.75) is 26.3 Å². The van der Waals surface area contributed by atoms with Gasteiger partial charge in [0.25, 0.3) is 0 Å². The zero-order valence-corrected chi connectivity index (χ0v) is 8.15. The zero-order chi connectivity index (χ0) is 9.73. The molecule has 0 spiro atoms. The number of nitrogens with zero attached hydrogens (tertiary/aromatic N) is 3. The van der Waals surface area contributed by atoms with Crippen LogP contribution in [0.25, 0.3) is 0 Å². The minimum atomic E-state index is -0.119. The van der Waals surface area contributed by atoms with Crippen LogP contribution >= 0.6 is 0 Å². The molecule has 1 aromatic heterocycles. The maximum absolute atomic E-state index is 4.11. The van der Waals surface area contributed by atoms with Crippen LogP contribution in [0.3, 0.4) is 0 Å². The summed E-state index contributed by atoms with van der Waals surface area (Å²) in [6, 6.07) is 6.34. The molecule has 1 heterocycles. The third kappa shape index (κ3) is 4.19. The van der Waals surface area contributed by atoms with Crippen LogP contribution in [-0.4, -0.2) is 16.5 Å². The van der Waals surface area contributed by atoms with Crippen LogP contribution in [0.15, 0.2) is 34.5 Å². The van der Waals surface area contributed by atoms with Crippen LogP contribution < -0.4 is 0 Å². The predicted octanol–water partition coefficient (Wildman–Crippen LogP) is 2.69. The molecule has 0 aliphatic heterocycles. The van der Waals surface area contributed by atoms with Gasteiger partial charge in [-0.1, -0.05) is 0 Å². The molecule has 0 amide bonds. The summed E-state index contributed by atoms with van der Waals surface area (Å²) in [5, 5.41) is 0. The molecule has 0 atom stereocenters. The molecule has 0 saturated carbocycles. The smallest absolute Gasteiger partial charge is 0.0954 e. The maximum atomic E-state index is 4.11. The summed E-state index contributed by atoms with van der Waals surface area (Å²) in [5.41, 5.74) is 0.654. The molecule has 0 unspecified atom stereocenters. The Morgan fingerprint density at radius 3 is 2.69 bits per heavy atom. The molecule has 1 aromatic rings. The van der Waals surface area contributed by atoms with Gasteiger partial charge >= 0.3 is 0 Å². The van der Waals surface area contributed by atoms with E-state index in [9.17, 15) is 0 Å². The molecule has 3 heteroatoms. The average Bonchev–Trinajstić information content (AvgIpc) is 2.04. The summed E-state index contributed by atoms with van der Waals surface area (Å²) in [7, 11) is 0. The summed E-state index contributed by atoms with van der Waals surface area (Å²) in [6.45, 7) is 6.00. The van der Waals surface area contributed by atoms with E-state index in [4.69, 9.17) is 0 Å². The Morgan fingerprint density at radius 2 is 2.15 bits per heavy atom. The van der Waals surface area contributed by atoms with E-state index in [0.717, 1.165) is 5.69 Å². The topological polar surface area (TPSA) is 37.6 Å². The first-order valence-corrected chi connectivity index (χ1v) is 4.15. The van der Waals surface area contributed by atoms with Gasteiger partial charge in [-0.3, -0.25) is 4.98 Å². The standard InChI is InChI=1S/C10H13N3/c1-10(2,3)13-8-12-9-5-4-6-11-7-9/h4-7H,1-3H3. The van der Waals surface area contributed by atoms with Crippen LogP contribution in [0.5, 0.6) is 0 Å². The van der Waals surface area contributed by atoms with E-state index in [0.29, 0.717) is 0 Å². The highest BCUT2D eigenvalue weighted by Crippen LogP contribution is 2.07. The highest BCUT2D eigenvalue weighted by atomic mass is 14.9. The van der Waals surface area contributed by atoms with E-state index in [2.05, 4.69) is 21.0 Å². The van der Waals surface area contributed by atoms with Crippen molar-refractivity contribution >= 4 is 11.7 Å². The first-order valence-electron chi connectivity index (χ1n) is 4.15. The molecule has 3 nitrogen and oxygen atoms in total. The lowest BCUT2D eigenvalue weighted by Gasteiger charge is -2.06. The maximum Gasteiger partial charge on any atom is 0.0954 e. The van der Waals surface area contributed by atoms with Crippen molar-refractivity contribution in [2.75, 3.05) is 0 Å². The van der Waals surface area contributed by atoms with Crippen LogP contribution in [0.1, 0.15) is 20.8 Å². The summed E-state index contributed by atoms with van der Waals surface area (Å²) in [6.07, 6.45) is 3.38. The Hall–Kier alpha value is -1.47. The number of aromatic nitrogens is 1. The van der Waals surface area contributed by atoms with Gasteiger partial charge in [-0.15, -0.1) is 0 Å². The lowest BCUT2D eigenvalue weighted by molar-refractivity contribution is 0.587. The second-order valence-electron chi connectivity index (χ2n) is 3.71. The van der Waals surface area contributed by atoms with Crippen molar-refractivity contribution in [1.29, 1.82) is 0 Å². The molecule has 0 aromatic carbocycles. The van der Waals surface area contributed by atoms with Gasteiger partial charge in [-0.05, 0) is 32.9 Å². The minimum Gasteiger partial charge on any atom is -0.262 e. The summed E-state index contributed by atoms with van der Waals surface area (Å²) >= 11 is 0. The largest absolute Gasteiger partial charge is 0.262 e. The number of pyridine rings is 1. The van der Waals surface area contributed by atoms with Crippen LogP contribution in [-0.2, 0) is 0 Å². The van der Waals surface area contributed by atoms with Crippen molar-refractivity contribution in [3.63, 3.8) is 0 Å². The van der Waals surface area contributed by atoms with Gasteiger partial charge in [-0.2, -0.15) is 4.99 Å². The van der Waals surface area contributed by atoms with E-state index >= 15 is 0 Å². The van der Waals surface area contributed by atoms with Crippen molar-refractivity contribution in [2.24, 2.45) is 9.98 Å². The van der Waals surface area contributed by atoms with E-state index in [-0.39, 0.29) is 5.54 Å². The van der Waals surface area contributed by atoms with Gasteiger partial charge in [0, 0.05) is 6.20 Å². The van der Waals surface area contributed by atoms with Crippen molar-refractivity contribution < 1.29 is 0 Å². The molecule has 0 N–H and O–H groups in total. The van der Waals surface area contributed by atoms with E-state index in [1.54, 1.807) is 12.4 Å². The first kappa shape index (κ1) is 9.62. The Kier molecular flexibility index (Phi) is 2.93. The third-order valence-electron chi connectivity index (χ3n) is 1.21. The molecule has 68 valence electrons. The van der Waals surface area contributed by atoms with Crippen LogP contribution in [0.4, 0.5) is 5.69 Å². The predicted molar refractivity (Wildman–Crippen MR) is 53.5 cm³/mol. The molecule has 1 rings (SSSR count). The molecular weight excluding hydrogens is 162 g/mol. The molecule has 0 aliphatic rings. The number of aliphatic imine (C=N–C) groups is 2. The lowest BCUT2D eigenvalue weighted by atomic mass is 10.1. The molecule has 0 bridgehead atoms. The van der Waals surface area contributed by atoms with Gasteiger partial charge < -0.3 is 0 Å². The normalized spacial score (nSPS) is 10.4. The highest BCUT2D eigenvalue weighted by Gasteiger charge is 2.03. The van der Waals surface area contributed by atoms with Crippen molar-refractivity contribution in [1.82, 2.24) is 4.98 Å². The number of hydrogen-bond acceptors (Lipinski definition) is 3. The Labute approximate surface area is 78.3 Å². The minimum absolute atomic E-state index is 0.119. The Morgan fingerprint density at radius 1 is 1.38 bits per heavy atom. The van der Waals surface area contributed by atoms with Crippen LogP contribution in [0.2, 0.25) is 0 Å². The quantitative estimate of drug-likeness (QED) is 0.604. The molecule has 0 radical (unpaired) electrons. The molecule has 0 fully saturated rings. The third-order valence-corrected chi connectivity index (χ3v) is 1.21. The average molecular weight is 175 g/mol. The van der Waals surface area contributed by atoms with Gasteiger partial charge in [0.15, 0.2) is 0 Å². The highest BCUT2D eigenvalue weighted by molar-refractivity contribution is 5.51. The fourth-order valence-electron chi connectivity index (χ4n) is 0.653.